The average Bonchev–Trinajstić information content (AvgIpc) is 3.12. The second-order valence-corrected chi connectivity index (χ2v) is 9.91. The molecule has 1 amide bonds. The number of thioether (sulfide) groups is 1. The van der Waals surface area contributed by atoms with Crippen molar-refractivity contribution >= 4 is 39.8 Å². The standard InChI is InChI=1S/C20H28N4O2S2/c1-12-8-7-10-15(13(12)2)21-18(25)14(3)27-20-24-23-19(28-20)22-16-9-5-6-11-17(16)26-4/h5-6,9,11-15H,7-8,10H2,1-4H3,(H,21,25)(H,22,23)/t12-,13-,14-,15+/m1/s1. The van der Waals surface area contributed by atoms with Crippen molar-refractivity contribution in [1.29, 1.82) is 0 Å². The fourth-order valence-electron chi connectivity index (χ4n) is 3.46. The molecular formula is C20H28N4O2S2. The lowest BCUT2D eigenvalue weighted by molar-refractivity contribution is -0.121. The maximum absolute atomic E-state index is 12.6. The molecule has 1 aromatic heterocycles. The number of hydrogen-bond acceptors (Lipinski definition) is 7. The highest BCUT2D eigenvalue weighted by atomic mass is 32.2. The molecule has 0 aliphatic heterocycles. The summed E-state index contributed by atoms with van der Waals surface area (Å²) in [5.41, 5.74) is 0.837. The van der Waals surface area contributed by atoms with Gasteiger partial charge in [-0.15, -0.1) is 10.2 Å². The van der Waals surface area contributed by atoms with E-state index in [0.717, 1.165) is 22.2 Å². The summed E-state index contributed by atoms with van der Waals surface area (Å²) in [5.74, 6) is 2.00. The van der Waals surface area contributed by atoms with E-state index in [1.807, 2.05) is 31.2 Å². The van der Waals surface area contributed by atoms with Crippen LogP contribution in [0.5, 0.6) is 5.75 Å². The largest absolute Gasteiger partial charge is 0.495 e. The maximum atomic E-state index is 12.6. The van der Waals surface area contributed by atoms with Crippen molar-refractivity contribution in [2.75, 3.05) is 12.4 Å². The Labute approximate surface area is 174 Å². The lowest BCUT2D eigenvalue weighted by Crippen LogP contribution is -2.46. The van der Waals surface area contributed by atoms with Gasteiger partial charge in [-0.25, -0.2) is 0 Å². The summed E-state index contributed by atoms with van der Waals surface area (Å²) in [5, 5.41) is 15.3. The Morgan fingerprint density at radius 3 is 2.86 bits per heavy atom. The number of ether oxygens (including phenoxy) is 1. The van der Waals surface area contributed by atoms with Crippen molar-refractivity contribution < 1.29 is 9.53 Å². The average molecular weight is 421 g/mol. The fourth-order valence-corrected chi connectivity index (χ4v) is 5.38. The van der Waals surface area contributed by atoms with Crippen LogP contribution in [0.2, 0.25) is 0 Å². The highest BCUT2D eigenvalue weighted by molar-refractivity contribution is 8.02. The van der Waals surface area contributed by atoms with Gasteiger partial charge in [0.1, 0.15) is 5.75 Å². The molecule has 1 aliphatic carbocycles. The molecule has 2 aromatic rings. The number of para-hydroxylation sites is 2. The van der Waals surface area contributed by atoms with E-state index in [0.29, 0.717) is 17.0 Å². The zero-order chi connectivity index (χ0) is 20.1. The van der Waals surface area contributed by atoms with Crippen molar-refractivity contribution in [2.24, 2.45) is 11.8 Å². The Kier molecular flexibility index (Phi) is 7.18. The summed E-state index contributed by atoms with van der Waals surface area (Å²) in [6, 6.07) is 7.94. The minimum absolute atomic E-state index is 0.0744. The summed E-state index contributed by atoms with van der Waals surface area (Å²) < 4.78 is 6.11. The summed E-state index contributed by atoms with van der Waals surface area (Å²) >= 11 is 2.88. The highest BCUT2D eigenvalue weighted by Gasteiger charge is 2.29. The predicted molar refractivity (Wildman–Crippen MR) is 116 cm³/mol. The monoisotopic (exact) mass is 420 g/mol. The molecule has 2 N–H and O–H groups in total. The van der Waals surface area contributed by atoms with Crippen LogP contribution in [-0.4, -0.2) is 34.5 Å². The lowest BCUT2D eigenvalue weighted by atomic mass is 9.78. The SMILES string of the molecule is COc1ccccc1Nc1nnc(S[C@H](C)C(=O)N[C@H]2CCC[C@@H](C)[C@H]2C)s1. The van der Waals surface area contributed by atoms with Gasteiger partial charge in [-0.1, -0.05) is 61.9 Å². The van der Waals surface area contributed by atoms with Crippen LogP contribution in [0.4, 0.5) is 10.8 Å². The van der Waals surface area contributed by atoms with Crippen LogP contribution < -0.4 is 15.4 Å². The quantitative estimate of drug-likeness (QED) is 0.632. The topological polar surface area (TPSA) is 76.1 Å². The second-order valence-electron chi connectivity index (χ2n) is 7.34. The first-order valence-corrected chi connectivity index (χ1v) is 11.4. The summed E-state index contributed by atoms with van der Waals surface area (Å²) in [6.07, 6.45) is 3.51. The van der Waals surface area contributed by atoms with E-state index in [1.165, 1.54) is 35.9 Å². The number of nitrogens with one attached hydrogen (secondary N) is 2. The molecule has 8 heteroatoms. The Hall–Kier alpha value is -1.80. The van der Waals surface area contributed by atoms with E-state index in [1.54, 1.807) is 7.11 Å². The first kappa shape index (κ1) is 20.9. The van der Waals surface area contributed by atoms with Crippen LogP contribution >= 0.6 is 23.1 Å². The summed E-state index contributed by atoms with van der Waals surface area (Å²) in [7, 11) is 1.64. The van der Waals surface area contributed by atoms with Crippen LogP contribution in [-0.2, 0) is 4.79 Å². The number of carbonyl (C=O) groups is 1. The molecule has 0 spiro atoms. The summed E-state index contributed by atoms with van der Waals surface area (Å²) in [4.78, 5) is 12.6. The van der Waals surface area contributed by atoms with Gasteiger partial charge in [0.25, 0.3) is 0 Å². The number of carbonyl (C=O) groups excluding carboxylic acids is 1. The molecule has 0 saturated heterocycles. The Morgan fingerprint density at radius 1 is 1.29 bits per heavy atom. The van der Waals surface area contributed by atoms with Crippen molar-refractivity contribution in [1.82, 2.24) is 15.5 Å². The van der Waals surface area contributed by atoms with Gasteiger partial charge in [0.15, 0.2) is 4.34 Å². The maximum Gasteiger partial charge on any atom is 0.233 e. The number of hydrogen-bond donors (Lipinski definition) is 2. The zero-order valence-electron chi connectivity index (χ0n) is 16.8. The van der Waals surface area contributed by atoms with Crippen LogP contribution in [0.1, 0.15) is 40.0 Å². The number of nitrogens with zero attached hydrogens (tertiary/aromatic N) is 2. The van der Waals surface area contributed by atoms with Crippen molar-refractivity contribution in [3.05, 3.63) is 24.3 Å². The van der Waals surface area contributed by atoms with Crippen LogP contribution in [0.25, 0.3) is 0 Å². The van der Waals surface area contributed by atoms with E-state index in [4.69, 9.17) is 4.74 Å². The summed E-state index contributed by atoms with van der Waals surface area (Å²) in [6.45, 7) is 6.44. The minimum atomic E-state index is -0.212. The molecule has 0 bridgehead atoms. The number of rotatable bonds is 7. The van der Waals surface area contributed by atoms with Gasteiger partial charge in [-0.05, 0) is 37.3 Å². The van der Waals surface area contributed by atoms with Gasteiger partial charge in [0.05, 0.1) is 18.0 Å². The fraction of sp³-hybridized carbons (Fsp3) is 0.550. The van der Waals surface area contributed by atoms with Gasteiger partial charge < -0.3 is 15.4 Å². The first-order chi connectivity index (χ1) is 13.5. The minimum Gasteiger partial charge on any atom is -0.495 e. The van der Waals surface area contributed by atoms with E-state index in [2.05, 4.69) is 34.7 Å². The number of methoxy groups -OCH3 is 1. The van der Waals surface area contributed by atoms with E-state index in [9.17, 15) is 4.79 Å². The smallest absolute Gasteiger partial charge is 0.233 e. The number of amides is 1. The van der Waals surface area contributed by atoms with Crippen LogP contribution in [0, 0.1) is 11.8 Å². The van der Waals surface area contributed by atoms with Gasteiger partial charge in [0, 0.05) is 6.04 Å². The van der Waals surface area contributed by atoms with Gasteiger partial charge in [-0.3, -0.25) is 4.79 Å². The van der Waals surface area contributed by atoms with Crippen molar-refractivity contribution in [3.8, 4) is 5.75 Å². The molecule has 1 heterocycles. The third-order valence-corrected chi connectivity index (χ3v) is 7.46. The van der Waals surface area contributed by atoms with Crippen LogP contribution in [0.15, 0.2) is 28.6 Å². The van der Waals surface area contributed by atoms with Crippen molar-refractivity contribution in [2.45, 2.75) is 55.7 Å². The van der Waals surface area contributed by atoms with Crippen LogP contribution in [0.3, 0.4) is 0 Å². The third-order valence-electron chi connectivity index (χ3n) is 5.44. The molecular weight excluding hydrogens is 392 g/mol. The van der Waals surface area contributed by atoms with Gasteiger partial charge in [-0.2, -0.15) is 0 Å². The molecule has 1 aliphatic rings. The molecule has 4 atom stereocenters. The zero-order valence-corrected chi connectivity index (χ0v) is 18.4. The van der Waals surface area contributed by atoms with E-state index >= 15 is 0 Å². The number of benzene rings is 1. The Morgan fingerprint density at radius 2 is 2.07 bits per heavy atom. The van der Waals surface area contributed by atoms with Gasteiger partial charge >= 0.3 is 0 Å². The Bertz CT molecular complexity index is 798. The lowest BCUT2D eigenvalue weighted by Gasteiger charge is -2.35. The molecule has 1 saturated carbocycles. The molecule has 6 nitrogen and oxygen atoms in total. The van der Waals surface area contributed by atoms with Gasteiger partial charge in [0.2, 0.25) is 11.0 Å². The molecule has 152 valence electrons. The second kappa shape index (κ2) is 9.60. The normalized spacial score (nSPS) is 23.1. The molecule has 1 fully saturated rings. The van der Waals surface area contributed by atoms with E-state index in [-0.39, 0.29) is 17.2 Å². The van der Waals surface area contributed by atoms with E-state index < -0.39 is 0 Å². The molecule has 28 heavy (non-hydrogen) atoms. The number of aromatic nitrogens is 2. The molecule has 0 radical (unpaired) electrons. The predicted octanol–water partition coefficient (Wildman–Crippen LogP) is 4.71. The molecule has 3 rings (SSSR count). The highest BCUT2D eigenvalue weighted by Crippen LogP contribution is 2.34. The van der Waals surface area contributed by atoms with Crippen molar-refractivity contribution in [3.63, 3.8) is 0 Å². The third kappa shape index (κ3) is 5.17. The first-order valence-electron chi connectivity index (χ1n) is 9.68. The molecule has 0 unspecified atom stereocenters. The molecule has 1 aromatic carbocycles. The Balaban J connectivity index is 1.56. The number of anilines is 2.